The zero-order valence-electron chi connectivity index (χ0n) is 10.2. The minimum absolute atomic E-state index is 0.0116. The quantitative estimate of drug-likeness (QED) is 0.799. The molecule has 0 radical (unpaired) electrons. The molecule has 0 aliphatic carbocycles. The third-order valence-electron chi connectivity index (χ3n) is 3.50. The molecule has 3 rings (SSSR count). The zero-order valence-corrected chi connectivity index (χ0v) is 10.2. The Kier molecular flexibility index (Phi) is 3.29. The van der Waals surface area contributed by atoms with Gasteiger partial charge in [-0.15, -0.1) is 0 Å². The highest BCUT2D eigenvalue weighted by Crippen LogP contribution is 2.26. The van der Waals surface area contributed by atoms with Gasteiger partial charge in [0.2, 0.25) is 0 Å². The molecule has 0 spiro atoms. The van der Waals surface area contributed by atoms with E-state index in [0.717, 1.165) is 31.5 Å². The summed E-state index contributed by atoms with van der Waals surface area (Å²) in [5.41, 5.74) is 3.54. The van der Waals surface area contributed by atoms with Gasteiger partial charge in [0, 0.05) is 25.8 Å². The normalized spacial score (nSPS) is 26.9. The minimum atomic E-state index is -0.149. The second-order valence-electron chi connectivity index (χ2n) is 4.74. The molecule has 1 aromatic rings. The van der Waals surface area contributed by atoms with Gasteiger partial charge in [-0.3, -0.25) is 14.3 Å². The lowest BCUT2D eigenvalue weighted by Gasteiger charge is -2.23. The second kappa shape index (κ2) is 5.07. The molecule has 1 saturated heterocycles. The summed E-state index contributed by atoms with van der Waals surface area (Å²) in [5.74, 6) is -0.230. The van der Waals surface area contributed by atoms with E-state index in [1.165, 1.54) is 0 Å². The minimum Gasteiger partial charge on any atom is -0.379 e. The van der Waals surface area contributed by atoms with E-state index in [4.69, 9.17) is 9.57 Å². The van der Waals surface area contributed by atoms with Crippen molar-refractivity contribution in [2.24, 2.45) is 0 Å². The van der Waals surface area contributed by atoms with Crippen LogP contribution in [0.4, 0.5) is 0 Å². The van der Waals surface area contributed by atoms with Gasteiger partial charge in [-0.2, -0.15) is 5.10 Å². The molecule has 1 amide bonds. The first-order valence-electron chi connectivity index (χ1n) is 6.39. The van der Waals surface area contributed by atoms with Gasteiger partial charge >= 0.3 is 0 Å². The number of nitrogens with one attached hydrogen (secondary N) is 1. The number of nitrogens with zero attached hydrogens (tertiary/aromatic N) is 2. The van der Waals surface area contributed by atoms with Crippen molar-refractivity contribution in [2.45, 2.75) is 37.8 Å². The van der Waals surface area contributed by atoms with Crippen LogP contribution in [0.2, 0.25) is 0 Å². The summed E-state index contributed by atoms with van der Waals surface area (Å²) in [6.45, 7) is 2.16. The Labute approximate surface area is 105 Å². The van der Waals surface area contributed by atoms with Crippen molar-refractivity contribution >= 4 is 5.91 Å². The van der Waals surface area contributed by atoms with Gasteiger partial charge in [-0.05, 0) is 18.9 Å². The van der Waals surface area contributed by atoms with Crippen LogP contribution in [-0.2, 0) is 20.9 Å². The Morgan fingerprint density at radius 3 is 3.33 bits per heavy atom. The van der Waals surface area contributed by atoms with Crippen LogP contribution in [0.5, 0.6) is 0 Å². The van der Waals surface area contributed by atoms with Gasteiger partial charge in [-0.25, -0.2) is 5.48 Å². The Morgan fingerprint density at radius 1 is 1.56 bits per heavy atom. The van der Waals surface area contributed by atoms with Crippen LogP contribution in [0.1, 0.15) is 30.9 Å². The standard InChI is InChI=1S/C12H17N3O3/c16-12(14-18-9-4-7-17-8-9)10-2-1-6-15-11(10)3-5-13-15/h3,5,9-10H,1-2,4,6-8H2,(H,14,16). The van der Waals surface area contributed by atoms with E-state index in [-0.39, 0.29) is 17.9 Å². The molecule has 0 aromatic carbocycles. The van der Waals surface area contributed by atoms with Crippen molar-refractivity contribution in [3.63, 3.8) is 0 Å². The Morgan fingerprint density at radius 2 is 2.50 bits per heavy atom. The highest BCUT2D eigenvalue weighted by molar-refractivity contribution is 5.82. The van der Waals surface area contributed by atoms with Gasteiger partial charge in [-0.1, -0.05) is 0 Å². The summed E-state index contributed by atoms with van der Waals surface area (Å²) in [7, 11) is 0. The maximum atomic E-state index is 12.1. The number of hydroxylamine groups is 1. The largest absolute Gasteiger partial charge is 0.379 e. The number of rotatable bonds is 3. The Bertz CT molecular complexity index is 426. The maximum absolute atomic E-state index is 12.1. The molecule has 3 heterocycles. The van der Waals surface area contributed by atoms with Gasteiger partial charge in [0.25, 0.3) is 5.91 Å². The van der Waals surface area contributed by atoms with Crippen molar-refractivity contribution in [1.29, 1.82) is 0 Å². The average Bonchev–Trinajstić information content (AvgIpc) is 3.05. The van der Waals surface area contributed by atoms with Crippen LogP contribution in [-0.4, -0.2) is 35.0 Å². The number of hydrogen-bond acceptors (Lipinski definition) is 4. The molecular formula is C12H17N3O3. The van der Waals surface area contributed by atoms with Gasteiger partial charge in [0.15, 0.2) is 0 Å². The number of carbonyl (C=O) groups excluding carboxylic acids is 1. The second-order valence-corrected chi connectivity index (χ2v) is 4.74. The van der Waals surface area contributed by atoms with Crippen LogP contribution >= 0.6 is 0 Å². The van der Waals surface area contributed by atoms with E-state index in [0.29, 0.717) is 13.2 Å². The molecular weight excluding hydrogens is 234 g/mol. The summed E-state index contributed by atoms with van der Waals surface area (Å²) in [4.78, 5) is 17.5. The fourth-order valence-electron chi connectivity index (χ4n) is 2.50. The Balaban J connectivity index is 1.60. The molecule has 1 N–H and O–H groups in total. The van der Waals surface area contributed by atoms with E-state index in [1.54, 1.807) is 6.20 Å². The predicted octanol–water partition coefficient (Wildman–Crippen LogP) is 0.597. The van der Waals surface area contributed by atoms with Gasteiger partial charge in [0.1, 0.15) is 6.10 Å². The van der Waals surface area contributed by atoms with E-state index in [1.807, 2.05) is 10.7 Å². The Hall–Kier alpha value is -1.40. The maximum Gasteiger partial charge on any atom is 0.252 e. The van der Waals surface area contributed by atoms with E-state index in [9.17, 15) is 4.79 Å². The number of aryl methyl sites for hydroxylation is 1. The molecule has 0 bridgehead atoms. The van der Waals surface area contributed by atoms with E-state index < -0.39 is 0 Å². The molecule has 98 valence electrons. The van der Waals surface area contributed by atoms with Crippen molar-refractivity contribution in [1.82, 2.24) is 15.3 Å². The molecule has 6 nitrogen and oxygen atoms in total. The molecule has 2 unspecified atom stereocenters. The summed E-state index contributed by atoms with van der Waals surface area (Å²) < 4.78 is 7.08. The number of fused-ring (bicyclic) bond motifs is 1. The number of ether oxygens (including phenoxy) is 1. The fraction of sp³-hybridized carbons (Fsp3) is 0.667. The first-order valence-corrected chi connectivity index (χ1v) is 6.39. The van der Waals surface area contributed by atoms with Crippen molar-refractivity contribution < 1.29 is 14.4 Å². The highest BCUT2D eigenvalue weighted by atomic mass is 16.7. The molecule has 2 aliphatic heterocycles. The van der Waals surface area contributed by atoms with Crippen molar-refractivity contribution in [3.05, 3.63) is 18.0 Å². The van der Waals surface area contributed by atoms with Gasteiger partial charge in [0.05, 0.1) is 18.2 Å². The summed E-state index contributed by atoms with van der Waals surface area (Å²) >= 11 is 0. The number of carbonyl (C=O) groups is 1. The van der Waals surface area contributed by atoms with Gasteiger partial charge < -0.3 is 4.74 Å². The van der Waals surface area contributed by atoms with E-state index in [2.05, 4.69) is 10.6 Å². The molecule has 2 atom stereocenters. The number of aromatic nitrogens is 2. The van der Waals surface area contributed by atoms with Crippen LogP contribution < -0.4 is 5.48 Å². The summed E-state index contributed by atoms with van der Waals surface area (Å²) in [6, 6.07) is 1.90. The zero-order chi connectivity index (χ0) is 12.4. The highest BCUT2D eigenvalue weighted by Gasteiger charge is 2.28. The van der Waals surface area contributed by atoms with Crippen LogP contribution in [0.25, 0.3) is 0 Å². The molecule has 6 heteroatoms. The lowest BCUT2D eigenvalue weighted by atomic mass is 9.96. The average molecular weight is 251 g/mol. The molecule has 18 heavy (non-hydrogen) atoms. The molecule has 1 aromatic heterocycles. The predicted molar refractivity (Wildman–Crippen MR) is 62.7 cm³/mol. The molecule has 1 fully saturated rings. The summed E-state index contributed by atoms with van der Waals surface area (Å²) in [6.07, 6.45) is 4.39. The van der Waals surface area contributed by atoms with Crippen LogP contribution in [0, 0.1) is 0 Å². The monoisotopic (exact) mass is 251 g/mol. The van der Waals surface area contributed by atoms with Crippen molar-refractivity contribution in [3.8, 4) is 0 Å². The summed E-state index contributed by atoms with van der Waals surface area (Å²) in [5, 5.41) is 4.20. The fourth-order valence-corrected chi connectivity index (χ4v) is 2.50. The first-order chi connectivity index (χ1) is 8.84. The van der Waals surface area contributed by atoms with E-state index >= 15 is 0 Å². The molecule has 0 saturated carbocycles. The first kappa shape index (κ1) is 11.7. The number of amides is 1. The number of hydrogen-bond donors (Lipinski definition) is 1. The lowest BCUT2D eigenvalue weighted by Crippen LogP contribution is -2.35. The third-order valence-corrected chi connectivity index (χ3v) is 3.50. The third kappa shape index (κ3) is 2.26. The topological polar surface area (TPSA) is 65.4 Å². The molecule has 2 aliphatic rings. The van der Waals surface area contributed by atoms with Crippen LogP contribution in [0.3, 0.4) is 0 Å². The SMILES string of the molecule is O=C(NOC1CCOC1)C1CCCn2nccc21. The van der Waals surface area contributed by atoms with Crippen LogP contribution in [0.15, 0.2) is 12.3 Å². The smallest absolute Gasteiger partial charge is 0.252 e. The lowest BCUT2D eigenvalue weighted by molar-refractivity contribution is -0.140. The van der Waals surface area contributed by atoms with Crippen molar-refractivity contribution in [2.75, 3.05) is 13.2 Å².